The normalized spacial score (nSPS) is 9.12. The van der Waals surface area contributed by atoms with Crippen molar-refractivity contribution in [3.05, 3.63) is 96.1 Å². The van der Waals surface area contributed by atoms with Crippen LogP contribution in [0.3, 0.4) is 0 Å². The van der Waals surface area contributed by atoms with Crippen molar-refractivity contribution in [3.8, 4) is 0 Å². The Morgan fingerprint density at radius 3 is 2.12 bits per heavy atom. The van der Waals surface area contributed by atoms with Crippen LogP contribution in [0.5, 0.6) is 0 Å². The van der Waals surface area contributed by atoms with Gasteiger partial charge in [0.2, 0.25) is 5.91 Å². The van der Waals surface area contributed by atoms with Gasteiger partial charge in [-0.3, -0.25) is 9.59 Å². The first-order valence-electron chi connectivity index (χ1n) is 7.73. The number of benzene rings is 1. The molecule has 3 rings (SSSR count). The predicted octanol–water partition coefficient (Wildman–Crippen LogP) is 2.85. The summed E-state index contributed by atoms with van der Waals surface area (Å²) < 4.78 is 0. The standard InChI is InChI=1S/C15H15N2O2.C5H5.Fe/c18-14(16-10-12-6-4-5-7-12)11-17-15(19)13-8-2-1-3-9-13;1-2-4-5-3-1;/h1-9H,10-11H2,(H,16,18)(H,17,19);1-5H;/q2*-1;+2. The zero-order valence-corrected chi connectivity index (χ0v) is 14.8. The third kappa shape index (κ3) is 8.15. The molecule has 0 heterocycles. The van der Waals surface area contributed by atoms with Crippen molar-refractivity contribution in [1.82, 2.24) is 10.6 Å². The third-order valence-corrected chi connectivity index (χ3v) is 3.22. The SMILES string of the molecule is O=C(CNC(=O)c1ccccc1)NCc1cc[cH-]c1.[Fe+2].c1cc[cH-]c1. The summed E-state index contributed by atoms with van der Waals surface area (Å²) in [6, 6.07) is 26.5. The maximum absolute atomic E-state index is 11.7. The zero-order valence-electron chi connectivity index (χ0n) is 13.7. The number of nitrogens with one attached hydrogen (secondary N) is 2. The van der Waals surface area contributed by atoms with Crippen molar-refractivity contribution < 1.29 is 26.7 Å². The molecule has 0 spiro atoms. The average molecular weight is 376 g/mol. The molecule has 0 saturated carbocycles. The fraction of sp³-hybridized carbons (Fsp3) is 0.100. The van der Waals surface area contributed by atoms with Gasteiger partial charge in [0.05, 0.1) is 6.54 Å². The third-order valence-electron chi connectivity index (χ3n) is 3.22. The molecular weight excluding hydrogens is 356 g/mol. The van der Waals surface area contributed by atoms with Crippen molar-refractivity contribution >= 4 is 11.8 Å². The van der Waals surface area contributed by atoms with Gasteiger partial charge in [-0.25, -0.2) is 18.2 Å². The van der Waals surface area contributed by atoms with Gasteiger partial charge >= 0.3 is 17.1 Å². The van der Waals surface area contributed by atoms with Gasteiger partial charge in [-0.05, 0) is 18.7 Å². The van der Waals surface area contributed by atoms with Crippen LogP contribution in [-0.4, -0.2) is 18.4 Å². The molecule has 0 aliphatic heterocycles. The van der Waals surface area contributed by atoms with Crippen LogP contribution in [0.2, 0.25) is 0 Å². The molecule has 0 fully saturated rings. The summed E-state index contributed by atoms with van der Waals surface area (Å²) >= 11 is 0. The van der Waals surface area contributed by atoms with Gasteiger partial charge in [-0.15, -0.1) is 0 Å². The molecule has 5 heteroatoms. The number of amides is 2. The van der Waals surface area contributed by atoms with Crippen LogP contribution in [0.25, 0.3) is 0 Å². The van der Waals surface area contributed by atoms with E-state index >= 15 is 0 Å². The number of carbonyl (C=O) groups is 2. The van der Waals surface area contributed by atoms with E-state index in [1.54, 1.807) is 24.3 Å². The van der Waals surface area contributed by atoms with Crippen molar-refractivity contribution in [2.75, 3.05) is 6.54 Å². The molecule has 25 heavy (non-hydrogen) atoms. The Balaban J connectivity index is 0.000000448. The molecule has 4 nitrogen and oxygen atoms in total. The topological polar surface area (TPSA) is 58.2 Å². The Bertz CT molecular complexity index is 690. The first kappa shape index (κ1) is 20.4. The number of rotatable bonds is 5. The molecule has 0 bridgehead atoms. The molecule has 0 aromatic heterocycles. The maximum Gasteiger partial charge on any atom is 2.00 e. The molecule has 0 aliphatic carbocycles. The summed E-state index contributed by atoms with van der Waals surface area (Å²) in [5.74, 6) is -0.449. The van der Waals surface area contributed by atoms with Crippen molar-refractivity contribution in [2.45, 2.75) is 6.54 Å². The van der Waals surface area contributed by atoms with Crippen LogP contribution in [0, 0.1) is 0 Å². The predicted molar refractivity (Wildman–Crippen MR) is 94.7 cm³/mol. The minimum atomic E-state index is -0.246. The van der Waals surface area contributed by atoms with Crippen LogP contribution in [-0.2, 0) is 28.4 Å². The Hall–Kier alpha value is -2.62. The van der Waals surface area contributed by atoms with Gasteiger partial charge in [0.25, 0.3) is 5.91 Å². The quantitative estimate of drug-likeness (QED) is 0.532. The molecule has 2 amide bonds. The van der Waals surface area contributed by atoms with Gasteiger partial charge in [-0.2, -0.15) is 42.0 Å². The van der Waals surface area contributed by atoms with Gasteiger partial charge < -0.3 is 10.6 Å². The van der Waals surface area contributed by atoms with Gasteiger partial charge in [0.1, 0.15) is 0 Å². The molecule has 0 saturated heterocycles. The van der Waals surface area contributed by atoms with E-state index in [1.807, 2.05) is 60.7 Å². The van der Waals surface area contributed by atoms with Crippen LogP contribution in [0.1, 0.15) is 15.9 Å². The summed E-state index contributed by atoms with van der Waals surface area (Å²) in [7, 11) is 0. The smallest absolute Gasteiger partial charge is 0.363 e. The second-order valence-electron chi connectivity index (χ2n) is 5.08. The number of hydrogen-bond donors (Lipinski definition) is 2. The molecule has 0 atom stereocenters. The Labute approximate surface area is 158 Å². The van der Waals surface area contributed by atoms with Crippen LogP contribution in [0.4, 0.5) is 0 Å². The van der Waals surface area contributed by atoms with E-state index < -0.39 is 0 Å². The van der Waals surface area contributed by atoms with E-state index in [-0.39, 0.29) is 35.4 Å². The van der Waals surface area contributed by atoms with Gasteiger partial charge in [-0.1, -0.05) is 18.2 Å². The van der Waals surface area contributed by atoms with E-state index in [2.05, 4.69) is 10.6 Å². The first-order valence-corrected chi connectivity index (χ1v) is 7.73. The van der Waals surface area contributed by atoms with Crippen LogP contribution < -0.4 is 10.6 Å². The fourth-order valence-electron chi connectivity index (χ4n) is 1.97. The fourth-order valence-corrected chi connectivity index (χ4v) is 1.97. The van der Waals surface area contributed by atoms with E-state index in [0.717, 1.165) is 5.56 Å². The molecule has 0 aliphatic rings. The van der Waals surface area contributed by atoms with E-state index in [1.165, 1.54) is 0 Å². The minimum Gasteiger partial charge on any atom is -0.363 e. The Kier molecular flexibility index (Phi) is 9.68. The summed E-state index contributed by atoms with van der Waals surface area (Å²) in [5.41, 5.74) is 1.59. The van der Waals surface area contributed by atoms with Gasteiger partial charge in [0, 0.05) is 5.56 Å². The second-order valence-corrected chi connectivity index (χ2v) is 5.08. The number of carbonyl (C=O) groups excluding carboxylic acids is 2. The summed E-state index contributed by atoms with van der Waals surface area (Å²) in [4.78, 5) is 23.2. The molecule has 130 valence electrons. The van der Waals surface area contributed by atoms with Gasteiger partial charge in [0.15, 0.2) is 0 Å². The first-order chi connectivity index (χ1) is 11.8. The molecule has 3 aromatic rings. The molecule has 3 aromatic carbocycles. The maximum atomic E-state index is 11.7. The van der Waals surface area contributed by atoms with Crippen LogP contribution in [0.15, 0.2) is 84.9 Å². The monoisotopic (exact) mass is 376 g/mol. The molecule has 0 unspecified atom stereocenters. The average Bonchev–Trinajstić information content (AvgIpc) is 3.34. The minimum absolute atomic E-state index is 0. The van der Waals surface area contributed by atoms with E-state index in [4.69, 9.17) is 0 Å². The summed E-state index contributed by atoms with van der Waals surface area (Å²) in [6.45, 7) is 0.460. The van der Waals surface area contributed by atoms with Crippen LogP contribution >= 0.6 is 0 Å². The summed E-state index contributed by atoms with van der Waals surface area (Å²) in [5, 5.41) is 5.32. The van der Waals surface area contributed by atoms with Crippen molar-refractivity contribution in [2.24, 2.45) is 0 Å². The van der Waals surface area contributed by atoms with E-state index in [9.17, 15) is 9.59 Å². The van der Waals surface area contributed by atoms with Crippen molar-refractivity contribution in [3.63, 3.8) is 0 Å². The largest absolute Gasteiger partial charge is 2.00 e. The number of hydrogen-bond acceptors (Lipinski definition) is 2. The van der Waals surface area contributed by atoms with Crippen molar-refractivity contribution in [1.29, 1.82) is 0 Å². The molecule has 2 N–H and O–H groups in total. The Morgan fingerprint density at radius 1 is 0.840 bits per heavy atom. The zero-order chi connectivity index (χ0) is 17.0. The second kappa shape index (κ2) is 11.8. The van der Waals surface area contributed by atoms with E-state index in [0.29, 0.717) is 12.1 Å². The molecular formula is C20H20FeN2O2. The molecule has 0 radical (unpaired) electrons. The summed E-state index contributed by atoms with van der Waals surface area (Å²) in [6.07, 6.45) is 0. The Morgan fingerprint density at radius 2 is 1.56 bits per heavy atom.